The van der Waals surface area contributed by atoms with E-state index >= 15 is 0 Å². The van der Waals surface area contributed by atoms with Gasteiger partial charge >= 0.3 is 0 Å². The highest BCUT2D eigenvalue weighted by atomic mass is 35.5. The lowest BCUT2D eigenvalue weighted by molar-refractivity contribution is 0.625. The third-order valence-electron chi connectivity index (χ3n) is 3.28. The van der Waals surface area contributed by atoms with Gasteiger partial charge in [0.15, 0.2) is 5.65 Å². The summed E-state index contributed by atoms with van der Waals surface area (Å²) in [6.07, 6.45) is 0. The molecule has 3 rings (SSSR count). The molecule has 0 amide bonds. The quantitative estimate of drug-likeness (QED) is 0.680. The van der Waals surface area contributed by atoms with Crippen LogP contribution >= 0.6 is 11.6 Å². The normalized spacial score (nSPS) is 11.4. The van der Waals surface area contributed by atoms with E-state index in [-0.39, 0.29) is 11.7 Å². The fraction of sp³-hybridized carbons (Fsp3) is 0.286. The minimum absolute atomic E-state index is 0.254. The van der Waals surface area contributed by atoms with Crippen LogP contribution in [0.25, 0.3) is 16.9 Å². The number of aromatic nitrogens is 4. The largest absolute Gasteiger partial charge is 0.280 e. The van der Waals surface area contributed by atoms with Crippen molar-refractivity contribution in [2.24, 2.45) is 7.05 Å². The minimum Gasteiger partial charge on any atom is -0.280 e. The van der Waals surface area contributed by atoms with Crippen LogP contribution in [0.2, 0.25) is 0 Å². The Kier molecular flexibility index (Phi) is 3.01. The molecule has 0 spiro atoms. The Balaban J connectivity index is 2.39. The van der Waals surface area contributed by atoms with E-state index < -0.39 is 0 Å². The Labute approximate surface area is 120 Å². The van der Waals surface area contributed by atoms with E-state index in [1.165, 1.54) is 12.1 Å². The molecule has 0 aliphatic carbocycles. The fourth-order valence-corrected chi connectivity index (χ4v) is 2.70. The van der Waals surface area contributed by atoms with E-state index in [4.69, 9.17) is 11.6 Å². The van der Waals surface area contributed by atoms with E-state index in [2.05, 4.69) is 10.1 Å². The maximum atomic E-state index is 13.7. The smallest absolute Gasteiger partial charge is 0.163 e. The fourth-order valence-electron chi connectivity index (χ4n) is 2.52. The van der Waals surface area contributed by atoms with Gasteiger partial charge in [0.1, 0.15) is 17.2 Å². The molecule has 0 saturated heterocycles. The molecule has 0 radical (unpaired) electrons. The molecule has 0 unspecified atom stereocenters. The van der Waals surface area contributed by atoms with Gasteiger partial charge in [-0.05, 0) is 37.6 Å². The van der Waals surface area contributed by atoms with E-state index in [1.807, 2.05) is 31.5 Å². The summed E-state index contributed by atoms with van der Waals surface area (Å²) in [7, 11) is 1.84. The molecule has 6 heteroatoms. The number of halogens is 2. The lowest BCUT2D eigenvalue weighted by Crippen LogP contribution is -2.05. The van der Waals surface area contributed by atoms with Crippen molar-refractivity contribution in [1.82, 2.24) is 19.3 Å². The monoisotopic (exact) mass is 292 g/mol. The molecule has 2 heterocycles. The van der Waals surface area contributed by atoms with E-state index in [0.29, 0.717) is 11.5 Å². The standard InChI is InChI=1S/C14H14ClFN4/c1-8-4-10(16)6-11(5-8)20-12(7-15)17-13-9(2)18-19(3)14(13)20/h4-6H,7H2,1-3H3. The van der Waals surface area contributed by atoms with Crippen LogP contribution in [-0.4, -0.2) is 19.3 Å². The second-order valence-electron chi connectivity index (χ2n) is 4.87. The van der Waals surface area contributed by atoms with Crippen LogP contribution in [0.3, 0.4) is 0 Å². The summed E-state index contributed by atoms with van der Waals surface area (Å²) in [5.74, 6) is 0.660. The molecule has 104 valence electrons. The van der Waals surface area contributed by atoms with Crippen LogP contribution in [0.4, 0.5) is 4.39 Å². The number of benzene rings is 1. The van der Waals surface area contributed by atoms with Crippen molar-refractivity contribution in [2.75, 3.05) is 0 Å². The van der Waals surface area contributed by atoms with Crippen LogP contribution in [0.1, 0.15) is 17.1 Å². The van der Waals surface area contributed by atoms with E-state index in [0.717, 1.165) is 22.4 Å². The molecule has 0 bridgehead atoms. The SMILES string of the molecule is Cc1cc(F)cc(-n2c(CCl)nc3c(C)nn(C)c32)c1. The Morgan fingerprint density at radius 2 is 2.00 bits per heavy atom. The number of hydrogen-bond donors (Lipinski definition) is 0. The third-order valence-corrected chi connectivity index (χ3v) is 3.52. The first-order valence-corrected chi connectivity index (χ1v) is 6.79. The van der Waals surface area contributed by atoms with Gasteiger partial charge in [-0.1, -0.05) is 0 Å². The summed E-state index contributed by atoms with van der Waals surface area (Å²) < 4.78 is 17.3. The topological polar surface area (TPSA) is 35.6 Å². The summed E-state index contributed by atoms with van der Waals surface area (Å²) in [4.78, 5) is 4.51. The molecule has 1 aromatic carbocycles. The predicted octanol–water partition coefficient (Wildman–Crippen LogP) is 3.25. The lowest BCUT2D eigenvalue weighted by Gasteiger charge is -2.09. The van der Waals surface area contributed by atoms with Crippen molar-refractivity contribution in [1.29, 1.82) is 0 Å². The average molecular weight is 293 g/mol. The molecule has 0 fully saturated rings. The molecular weight excluding hydrogens is 279 g/mol. The van der Waals surface area contributed by atoms with Gasteiger partial charge in [-0.3, -0.25) is 4.57 Å². The van der Waals surface area contributed by atoms with Crippen molar-refractivity contribution in [3.63, 3.8) is 0 Å². The predicted molar refractivity (Wildman–Crippen MR) is 76.8 cm³/mol. The average Bonchev–Trinajstić information content (AvgIpc) is 2.87. The Morgan fingerprint density at radius 1 is 1.25 bits per heavy atom. The Hall–Kier alpha value is -1.88. The molecule has 0 N–H and O–H groups in total. The van der Waals surface area contributed by atoms with Gasteiger partial charge in [-0.2, -0.15) is 5.10 Å². The third kappa shape index (κ3) is 1.89. The molecule has 0 saturated carbocycles. The van der Waals surface area contributed by atoms with Gasteiger partial charge in [0.05, 0.1) is 17.3 Å². The maximum Gasteiger partial charge on any atom is 0.163 e. The van der Waals surface area contributed by atoms with E-state index in [9.17, 15) is 4.39 Å². The van der Waals surface area contributed by atoms with Crippen LogP contribution < -0.4 is 0 Å². The van der Waals surface area contributed by atoms with Crippen LogP contribution in [-0.2, 0) is 12.9 Å². The number of alkyl halides is 1. The first-order chi connectivity index (χ1) is 9.51. The van der Waals surface area contributed by atoms with Crippen molar-refractivity contribution in [3.8, 4) is 5.69 Å². The van der Waals surface area contributed by atoms with Crippen LogP contribution in [0, 0.1) is 19.7 Å². The molecular formula is C14H14ClFN4. The Morgan fingerprint density at radius 3 is 2.65 bits per heavy atom. The molecule has 2 aromatic heterocycles. The van der Waals surface area contributed by atoms with Gasteiger partial charge in [-0.15, -0.1) is 11.6 Å². The lowest BCUT2D eigenvalue weighted by atomic mass is 10.2. The first kappa shape index (κ1) is 13.1. The number of nitrogens with zero attached hydrogens (tertiary/aromatic N) is 4. The molecule has 3 aromatic rings. The second kappa shape index (κ2) is 4.59. The van der Waals surface area contributed by atoms with Gasteiger partial charge in [0.2, 0.25) is 0 Å². The molecule has 0 aliphatic heterocycles. The maximum absolute atomic E-state index is 13.7. The number of imidazole rings is 1. The second-order valence-corrected chi connectivity index (χ2v) is 5.13. The molecule has 0 atom stereocenters. The number of hydrogen-bond acceptors (Lipinski definition) is 2. The zero-order chi connectivity index (χ0) is 14.4. The number of aryl methyl sites for hydroxylation is 3. The molecule has 0 aliphatic rings. The Bertz CT molecular complexity index is 783. The number of rotatable bonds is 2. The zero-order valence-electron chi connectivity index (χ0n) is 11.5. The summed E-state index contributed by atoms with van der Waals surface area (Å²) in [5, 5.41) is 4.35. The highest BCUT2D eigenvalue weighted by Crippen LogP contribution is 2.25. The summed E-state index contributed by atoms with van der Waals surface area (Å²) >= 11 is 5.99. The highest BCUT2D eigenvalue weighted by Gasteiger charge is 2.18. The van der Waals surface area contributed by atoms with Crippen LogP contribution in [0.5, 0.6) is 0 Å². The van der Waals surface area contributed by atoms with Gasteiger partial charge in [0, 0.05) is 7.05 Å². The van der Waals surface area contributed by atoms with Crippen molar-refractivity contribution in [2.45, 2.75) is 19.7 Å². The number of fused-ring (bicyclic) bond motifs is 1. The van der Waals surface area contributed by atoms with Gasteiger partial charge < -0.3 is 0 Å². The molecule has 4 nitrogen and oxygen atoms in total. The highest BCUT2D eigenvalue weighted by molar-refractivity contribution is 6.17. The minimum atomic E-state index is -0.277. The molecule has 20 heavy (non-hydrogen) atoms. The van der Waals surface area contributed by atoms with Crippen LogP contribution in [0.15, 0.2) is 18.2 Å². The summed E-state index contributed by atoms with van der Waals surface area (Å²) in [5.41, 5.74) is 4.01. The summed E-state index contributed by atoms with van der Waals surface area (Å²) in [6, 6.07) is 4.88. The summed E-state index contributed by atoms with van der Waals surface area (Å²) in [6.45, 7) is 3.75. The first-order valence-electron chi connectivity index (χ1n) is 6.25. The van der Waals surface area contributed by atoms with Gasteiger partial charge in [0.25, 0.3) is 0 Å². The zero-order valence-corrected chi connectivity index (χ0v) is 12.2. The van der Waals surface area contributed by atoms with E-state index in [1.54, 1.807) is 4.68 Å². The van der Waals surface area contributed by atoms with Crippen molar-refractivity contribution < 1.29 is 4.39 Å². The van der Waals surface area contributed by atoms with Crippen molar-refractivity contribution in [3.05, 3.63) is 41.1 Å². The van der Waals surface area contributed by atoms with Crippen molar-refractivity contribution >= 4 is 22.8 Å². The van der Waals surface area contributed by atoms with Gasteiger partial charge in [-0.25, -0.2) is 14.1 Å².